The smallest absolute Gasteiger partial charge is 0.357 e. The topological polar surface area (TPSA) is 539 Å². The van der Waals surface area contributed by atoms with E-state index in [1.807, 2.05) is 0 Å². The molecule has 6 aromatic carbocycles. The zero-order valence-corrected chi connectivity index (χ0v) is 78.2. The van der Waals surface area contributed by atoms with E-state index in [0.717, 1.165) is 22.8 Å². The fraction of sp³-hybridized carbons (Fsp3) is 0.255. The second kappa shape index (κ2) is 39.0. The number of aliphatic carboxylic acids is 1. The maximum atomic E-state index is 14.0. The maximum absolute atomic E-state index is 14.0. The van der Waals surface area contributed by atoms with Crippen molar-refractivity contribution in [1.82, 2.24) is 31.1 Å². The van der Waals surface area contributed by atoms with Gasteiger partial charge in [0.1, 0.15) is 115 Å². The molecule has 46 heteroatoms. The van der Waals surface area contributed by atoms with Crippen LogP contribution in [0.1, 0.15) is 105 Å². The molecular weight excluding hydrogens is 1960 g/mol. The lowest BCUT2D eigenvalue weighted by Crippen LogP contribution is -2.71. The molecule has 0 saturated carbocycles. The Balaban J connectivity index is 0.000000195. The van der Waals surface area contributed by atoms with Gasteiger partial charge in [0.2, 0.25) is 25.4 Å². The minimum Gasteiger partial charge on any atom is -0.506 e. The van der Waals surface area contributed by atoms with Gasteiger partial charge < -0.3 is 97.2 Å². The first-order valence-corrected chi connectivity index (χ1v) is 46.9. The van der Waals surface area contributed by atoms with E-state index in [2.05, 4.69) is 21.3 Å². The number of benzene rings is 6. The number of hydrogen-bond acceptors (Lipinski definition) is 37. The van der Waals surface area contributed by atoms with Crippen LogP contribution < -0.4 is 56.2 Å². The second-order valence-corrected chi connectivity index (χ2v) is 37.2. The summed E-state index contributed by atoms with van der Waals surface area (Å²) < 4.78 is 77.1. The number of halogens is 2. The van der Waals surface area contributed by atoms with Crippen LogP contribution in [0.5, 0.6) is 34.5 Å². The lowest BCUT2D eigenvalue weighted by atomic mass is 9.71. The van der Waals surface area contributed by atoms with Crippen molar-refractivity contribution in [2.24, 2.45) is 11.8 Å². The molecule has 0 radical (unpaired) electrons. The number of nitrogens with zero attached hydrogens (tertiary/aromatic N) is 2. The number of ether oxygens (including phenoxy) is 12. The molecule has 10 aliphatic rings. The molecule has 140 heavy (non-hydrogen) atoms. The molecule has 2 fully saturated rings. The molecule has 2 saturated heterocycles. The molecule has 2 spiro atoms. The molecule has 18 rings (SSSR count). The van der Waals surface area contributed by atoms with Gasteiger partial charge in [0.15, 0.2) is 11.2 Å². The summed E-state index contributed by atoms with van der Waals surface area (Å²) in [6, 6.07) is 24.9. The average molecular weight is 2030 g/mol. The van der Waals surface area contributed by atoms with E-state index in [1.54, 1.807) is 97.1 Å². The number of carbonyl (C=O) groups excluding carboxylic acids is 15. The zero-order chi connectivity index (χ0) is 99.5. The molecule has 40 nitrogen and oxygen atoms in total. The van der Waals surface area contributed by atoms with Crippen LogP contribution in [0.25, 0.3) is 21.9 Å². The van der Waals surface area contributed by atoms with Gasteiger partial charge >= 0.3 is 70.9 Å². The van der Waals surface area contributed by atoms with Crippen molar-refractivity contribution < 1.29 is 153 Å². The van der Waals surface area contributed by atoms with Gasteiger partial charge in [-0.3, -0.25) is 67.3 Å². The highest BCUT2D eigenvalue weighted by Gasteiger charge is 2.61. The van der Waals surface area contributed by atoms with Crippen LogP contribution in [0.3, 0.4) is 0 Å². The minimum atomic E-state index is -1.46. The number of nitrogens with one attached hydrogen (secondary N) is 4. The van der Waals surface area contributed by atoms with Gasteiger partial charge in [-0.15, -0.1) is 47.0 Å². The normalized spacial score (nSPS) is 21.4. The molecule has 10 heterocycles. The van der Waals surface area contributed by atoms with Crippen molar-refractivity contribution in [3.05, 3.63) is 255 Å². The number of thioether (sulfide) groups is 4. The number of carbonyl (C=O) groups is 16. The number of β-lactam (4-membered cyclic amide) rings is 2. The van der Waals surface area contributed by atoms with Gasteiger partial charge in [0.25, 0.3) is 23.6 Å². The fourth-order valence-electron chi connectivity index (χ4n) is 17.1. The minimum absolute atomic E-state index is 0.00189. The van der Waals surface area contributed by atoms with Gasteiger partial charge in [-0.2, -0.15) is 0 Å². The quantitative estimate of drug-likeness (QED) is 0.00456. The maximum Gasteiger partial charge on any atom is 0.357 e. The Morgan fingerprint density at radius 3 is 1.40 bits per heavy atom. The van der Waals surface area contributed by atoms with E-state index in [-0.39, 0.29) is 112 Å². The SMILES string of the molecule is CC(=O)OCOC(=O)C1=C(CSc2ccc3c(c2)C(=O)OC32c3ccc(OC(C)=O)cc3OC3=CC(OC(C)=O)C=CC32)CSC2C(NC(=O)CNC(=O)c3cc4cc(Cl)c(OCOC(C)=O)cc4oc3=O)C(=O)N12.CC(=O)Oc1ccc2c(c1)OC1=CC(OC(C)=O)C=CC1C21OC(=O)c2cc(SCC3=C(C(=O)O)N4C(=O)C(NC(=O)CNC(=O)c5cc6cc(Cl)c(O)cc6oc5=O)C4SC3)ccc21. The van der Waals surface area contributed by atoms with Gasteiger partial charge in [-0.25, -0.2) is 28.8 Å². The van der Waals surface area contributed by atoms with Gasteiger partial charge in [-0.1, -0.05) is 47.5 Å². The Morgan fingerprint density at radius 1 is 0.500 bits per heavy atom. The van der Waals surface area contributed by atoms with E-state index >= 15 is 0 Å². The van der Waals surface area contributed by atoms with Crippen LogP contribution in [0, 0.1) is 11.8 Å². The summed E-state index contributed by atoms with van der Waals surface area (Å²) in [5, 5.41) is 28.7. The van der Waals surface area contributed by atoms with E-state index in [0.29, 0.717) is 54.7 Å². The van der Waals surface area contributed by atoms with Crippen LogP contribution in [-0.4, -0.2) is 200 Å². The van der Waals surface area contributed by atoms with Crippen molar-refractivity contribution in [2.75, 3.05) is 49.7 Å². The van der Waals surface area contributed by atoms with Crippen LogP contribution in [0.15, 0.2) is 208 Å². The van der Waals surface area contributed by atoms with E-state index in [9.17, 15) is 96.5 Å². The number of fused-ring (bicyclic) bond motifs is 16. The summed E-state index contributed by atoms with van der Waals surface area (Å²) in [5.74, 6) is -11.6. The van der Waals surface area contributed by atoms with Gasteiger partial charge in [0.05, 0.1) is 46.1 Å². The highest BCUT2D eigenvalue weighted by molar-refractivity contribution is 8.01. The Kier molecular flexibility index (Phi) is 26.9. The third kappa shape index (κ3) is 18.9. The summed E-state index contributed by atoms with van der Waals surface area (Å²) in [4.78, 5) is 232. The third-order valence-corrected chi connectivity index (χ3v) is 28.4. The highest BCUT2D eigenvalue weighted by Crippen LogP contribution is 2.60. The molecule has 6 N–H and O–H groups in total. The number of carboxylic acid groups (broad SMARTS) is 1. The van der Waals surface area contributed by atoms with Crippen LogP contribution >= 0.6 is 70.2 Å². The number of hydrogen-bond donors (Lipinski definition) is 6. The molecule has 2 aliphatic carbocycles. The van der Waals surface area contributed by atoms with Crippen molar-refractivity contribution in [2.45, 2.75) is 97.6 Å². The predicted octanol–water partition coefficient (Wildman–Crippen LogP) is 8.47. The van der Waals surface area contributed by atoms with E-state index in [4.69, 9.17) is 88.9 Å². The first kappa shape index (κ1) is 96.6. The summed E-state index contributed by atoms with van der Waals surface area (Å²) >= 11 is 17.1. The third-order valence-electron chi connectivity index (χ3n) is 22.9. The summed E-state index contributed by atoms with van der Waals surface area (Å²) in [6.07, 6.45) is 8.47. The predicted molar refractivity (Wildman–Crippen MR) is 489 cm³/mol. The summed E-state index contributed by atoms with van der Waals surface area (Å²) in [7, 11) is 0. The average Bonchev–Trinajstić information content (AvgIpc) is 1.52. The van der Waals surface area contributed by atoms with Crippen molar-refractivity contribution >= 4 is 187 Å². The second-order valence-electron chi connectivity index (χ2n) is 32.1. The molecule has 8 aromatic rings. The highest BCUT2D eigenvalue weighted by atomic mass is 35.5. The van der Waals surface area contributed by atoms with Crippen LogP contribution in [-0.2, 0) is 102 Å². The Labute approximate surface area is 814 Å². The molecule has 0 bridgehead atoms. The molecule has 10 unspecified atom stereocenters. The number of esters is 9. The first-order chi connectivity index (χ1) is 66.8. The largest absolute Gasteiger partial charge is 0.506 e. The lowest BCUT2D eigenvalue weighted by Gasteiger charge is -2.49. The van der Waals surface area contributed by atoms with Crippen molar-refractivity contribution in [1.29, 1.82) is 0 Å². The Morgan fingerprint density at radius 2 is 0.943 bits per heavy atom. The Bertz CT molecular complexity index is 7160. The summed E-state index contributed by atoms with van der Waals surface area (Å²) in [5.41, 5.74) is -3.00. The zero-order valence-electron chi connectivity index (χ0n) is 73.4. The number of carboxylic acids is 1. The standard InChI is InChI=1S/C50H40ClN3O19S2.C44H32ClN3O15S2/c1-22(55)65-20-67-40-16-37-26(12-36(40)51)11-32(47(62)72-37)44(60)52-17-41(59)53-42-45(61)54-43(49(64)68-21-66-23(2)56)27(19-75-46(42)54)18-74-30-7-10-33-31(15-30)48(63)73-50(33)34-8-5-28(69-24(3)57)13-38(34)71-39-14-29(70-25(4)58)6-9-35(39)50;1-18(49)59-22-3-6-28-33(11-22)61-34-12-23(60-19(2)50)4-7-29(34)44(28)27-8-5-24(13-25(27)43(58)63-44)64-16-21-17-65-40-36(39(54)48(40)37(21)41(55)56)47-35(52)15-46-38(53)26-9-20-10-30(45)31(51)14-32(20)62-42(26)57/h5-16,28,34,42,46H,17-21H2,1-4H3,(H,52,60)(H,53,59);3-14,22,28,36,40,51H,15-17H2,1-2H3,(H,46,53)(H,47,52)(H,55,56). The molecule has 2 aromatic heterocycles. The Hall–Kier alpha value is -15.1. The summed E-state index contributed by atoms with van der Waals surface area (Å²) in [6.45, 7) is 4.84. The number of phenols is 1. The number of phenolic OH excluding ortho intramolecular Hbond substituents is 1. The number of amides is 6. The van der Waals surface area contributed by atoms with Gasteiger partial charge in [-0.05, 0) is 108 Å². The molecule has 720 valence electrons. The van der Waals surface area contributed by atoms with Crippen LogP contribution in [0.4, 0.5) is 0 Å². The van der Waals surface area contributed by atoms with Crippen molar-refractivity contribution in [3.8, 4) is 34.5 Å². The van der Waals surface area contributed by atoms with E-state index in [1.165, 1.54) is 124 Å². The first-order valence-electron chi connectivity index (χ1n) is 42.0. The monoisotopic (exact) mass is 2030 g/mol. The number of aromatic hydroxyl groups is 1. The molecule has 8 aliphatic heterocycles. The molecular formula is C94H72Cl2N6O34S4. The molecule has 6 amide bonds. The van der Waals surface area contributed by atoms with Crippen molar-refractivity contribution in [3.63, 3.8) is 0 Å². The number of rotatable bonds is 25. The van der Waals surface area contributed by atoms with Crippen LogP contribution in [0.2, 0.25) is 10.0 Å². The fourth-order valence-corrected chi connectivity index (χ4v) is 22.3. The van der Waals surface area contributed by atoms with Gasteiger partial charge in [0, 0.05) is 132 Å². The lowest BCUT2D eigenvalue weighted by molar-refractivity contribution is -0.167. The molecule has 10 atom stereocenters. The van der Waals surface area contributed by atoms with E-state index < -0.39 is 202 Å².